The minimum absolute atomic E-state index is 0.0250. The number of morpholine rings is 1. The van der Waals surface area contributed by atoms with Gasteiger partial charge >= 0.3 is 0 Å². The lowest BCUT2D eigenvalue weighted by Crippen LogP contribution is -2.43. The molecule has 2 atom stereocenters. The average Bonchev–Trinajstić information content (AvgIpc) is 3.48. The second kappa shape index (κ2) is 9.99. The number of anilines is 2. The van der Waals surface area contributed by atoms with Crippen LogP contribution < -0.4 is 10.2 Å². The third-order valence-electron chi connectivity index (χ3n) is 7.20. The number of aromatic nitrogens is 1. The summed E-state index contributed by atoms with van der Waals surface area (Å²) in [5, 5.41) is 3.25. The van der Waals surface area contributed by atoms with Gasteiger partial charge in [0.2, 0.25) is 5.91 Å². The van der Waals surface area contributed by atoms with Crippen LogP contribution in [0.5, 0.6) is 0 Å². The van der Waals surface area contributed by atoms with Gasteiger partial charge in [0, 0.05) is 49.1 Å². The zero-order valence-corrected chi connectivity index (χ0v) is 21.6. The van der Waals surface area contributed by atoms with Crippen molar-refractivity contribution in [3.63, 3.8) is 0 Å². The maximum absolute atomic E-state index is 12.9. The first-order valence-electron chi connectivity index (χ1n) is 12.1. The summed E-state index contributed by atoms with van der Waals surface area (Å²) in [5.41, 5.74) is 0.682. The predicted molar refractivity (Wildman–Crippen MR) is 136 cm³/mol. The fourth-order valence-corrected chi connectivity index (χ4v) is 5.99. The monoisotopic (exact) mass is 532 g/mol. The maximum atomic E-state index is 12.9. The molecule has 2 aromatic rings. The van der Waals surface area contributed by atoms with Crippen molar-refractivity contribution in [1.82, 2.24) is 9.88 Å². The van der Waals surface area contributed by atoms with E-state index < -0.39 is 15.7 Å². The van der Waals surface area contributed by atoms with E-state index in [4.69, 9.17) is 16.3 Å². The Kier molecular flexibility index (Phi) is 6.93. The minimum atomic E-state index is -3.52. The number of pyridine rings is 1. The van der Waals surface area contributed by atoms with Crippen LogP contribution in [0.2, 0.25) is 5.02 Å². The van der Waals surface area contributed by atoms with Crippen LogP contribution in [0.25, 0.3) is 0 Å². The lowest BCUT2D eigenvalue weighted by Gasteiger charge is -2.35. The molecule has 0 radical (unpaired) electrons. The number of nitrogens with zero attached hydrogens (tertiary/aromatic N) is 3. The summed E-state index contributed by atoms with van der Waals surface area (Å²) in [4.78, 5) is 34.2. The number of benzene rings is 1. The van der Waals surface area contributed by atoms with E-state index in [0.717, 1.165) is 25.5 Å². The molecule has 192 valence electrons. The highest BCUT2D eigenvalue weighted by Crippen LogP contribution is 2.33. The molecule has 0 spiro atoms. The summed E-state index contributed by atoms with van der Waals surface area (Å²) in [6.45, 7) is 2.65. The van der Waals surface area contributed by atoms with Gasteiger partial charge in [0.15, 0.2) is 15.7 Å². The van der Waals surface area contributed by atoms with Gasteiger partial charge in [0.25, 0.3) is 5.91 Å². The number of hydrogen-bond acceptors (Lipinski definition) is 7. The molecule has 36 heavy (non-hydrogen) atoms. The van der Waals surface area contributed by atoms with E-state index in [-0.39, 0.29) is 28.9 Å². The number of nitrogens with one attached hydrogen (secondary N) is 1. The van der Waals surface area contributed by atoms with E-state index in [2.05, 4.69) is 10.3 Å². The van der Waals surface area contributed by atoms with Crippen molar-refractivity contribution in [2.75, 3.05) is 42.7 Å². The number of piperidine rings is 1. The second-order valence-electron chi connectivity index (χ2n) is 9.80. The molecule has 9 nitrogen and oxygen atoms in total. The number of likely N-dealkylation sites (tertiary alicyclic amines) is 1. The Morgan fingerprint density at radius 1 is 1.22 bits per heavy atom. The molecular weight excluding hydrogens is 504 g/mol. The molecule has 1 N–H and O–H groups in total. The SMILES string of the molecule is CS(=O)(=O)c1cnc(N2CCC(CC(=O)N3CC4CC3CO4)CC2)c(NC(=O)c2cccc(Cl)c2)c1. The number of sulfone groups is 1. The van der Waals surface area contributed by atoms with Gasteiger partial charge in [0.1, 0.15) is 0 Å². The number of carbonyl (C=O) groups excluding carboxylic acids is 2. The zero-order valence-electron chi connectivity index (χ0n) is 20.0. The highest BCUT2D eigenvalue weighted by atomic mass is 35.5. The fourth-order valence-electron chi connectivity index (χ4n) is 5.23. The quantitative estimate of drug-likeness (QED) is 0.609. The first-order chi connectivity index (χ1) is 17.2. The van der Waals surface area contributed by atoms with Crippen molar-refractivity contribution < 1.29 is 22.7 Å². The lowest BCUT2D eigenvalue weighted by molar-refractivity contribution is -0.136. The average molecular weight is 533 g/mol. The molecule has 1 aromatic carbocycles. The van der Waals surface area contributed by atoms with Crippen molar-refractivity contribution >= 4 is 44.8 Å². The van der Waals surface area contributed by atoms with Crippen LogP contribution in [-0.2, 0) is 19.4 Å². The Morgan fingerprint density at radius 2 is 2.00 bits per heavy atom. The van der Waals surface area contributed by atoms with Crippen molar-refractivity contribution in [1.29, 1.82) is 0 Å². The van der Waals surface area contributed by atoms with E-state index in [9.17, 15) is 18.0 Å². The first-order valence-corrected chi connectivity index (χ1v) is 14.4. The van der Waals surface area contributed by atoms with E-state index >= 15 is 0 Å². The molecule has 0 aliphatic carbocycles. The highest BCUT2D eigenvalue weighted by Gasteiger charge is 2.41. The summed E-state index contributed by atoms with van der Waals surface area (Å²) >= 11 is 6.03. The molecule has 5 rings (SSSR count). The Labute approximate surface area is 215 Å². The number of fused-ring (bicyclic) bond motifs is 2. The zero-order chi connectivity index (χ0) is 25.4. The number of carbonyl (C=O) groups is 2. The number of rotatable bonds is 6. The molecule has 0 saturated carbocycles. The fraction of sp³-hybridized carbons (Fsp3) is 0.480. The summed E-state index contributed by atoms with van der Waals surface area (Å²) in [5.74, 6) is 0.579. The molecule has 4 heterocycles. The third kappa shape index (κ3) is 5.35. The topological polar surface area (TPSA) is 109 Å². The number of halogens is 1. The number of hydrogen-bond donors (Lipinski definition) is 1. The highest BCUT2D eigenvalue weighted by molar-refractivity contribution is 7.90. The van der Waals surface area contributed by atoms with Gasteiger partial charge in [-0.05, 0) is 49.4 Å². The van der Waals surface area contributed by atoms with Gasteiger partial charge in [-0.1, -0.05) is 17.7 Å². The maximum Gasteiger partial charge on any atom is 0.255 e. The van der Waals surface area contributed by atoms with Gasteiger partial charge in [-0.3, -0.25) is 9.59 Å². The van der Waals surface area contributed by atoms with Crippen LogP contribution in [0.15, 0.2) is 41.4 Å². The van der Waals surface area contributed by atoms with Gasteiger partial charge in [0.05, 0.1) is 29.3 Å². The normalized spacial score (nSPS) is 22.2. The van der Waals surface area contributed by atoms with Gasteiger partial charge < -0.3 is 19.9 Å². The Morgan fingerprint density at radius 3 is 2.64 bits per heavy atom. The molecule has 1 aromatic heterocycles. The molecule has 3 fully saturated rings. The van der Waals surface area contributed by atoms with E-state index in [1.807, 2.05) is 9.80 Å². The second-order valence-corrected chi connectivity index (χ2v) is 12.3. The van der Waals surface area contributed by atoms with Crippen LogP contribution in [0.1, 0.15) is 36.0 Å². The Balaban J connectivity index is 1.28. The molecule has 2 amide bonds. The standard InChI is InChI=1S/C25H29ClN4O5S/c1-36(33,34)21-12-22(28-25(32)17-3-2-4-18(26)10-17)24(27-13-21)29-7-5-16(6-8-29)9-23(31)30-14-20-11-19(30)15-35-20/h2-4,10,12-13,16,19-20H,5-9,11,14-15H2,1H3,(H,28,32). The minimum Gasteiger partial charge on any atom is -0.374 e. The third-order valence-corrected chi connectivity index (χ3v) is 8.52. The van der Waals surface area contributed by atoms with Crippen LogP contribution in [0.4, 0.5) is 11.5 Å². The lowest BCUT2D eigenvalue weighted by atomic mass is 9.92. The molecule has 3 aliphatic heterocycles. The number of ether oxygens (including phenoxy) is 1. The summed E-state index contributed by atoms with van der Waals surface area (Å²) < 4.78 is 29.9. The molecule has 2 unspecified atom stereocenters. The molecular formula is C25H29ClN4O5S. The van der Waals surface area contributed by atoms with Crippen molar-refractivity contribution in [2.45, 2.75) is 42.7 Å². The molecule has 3 aliphatic rings. The Bertz CT molecular complexity index is 1280. The summed E-state index contributed by atoms with van der Waals surface area (Å²) in [7, 11) is -3.52. The van der Waals surface area contributed by atoms with Crippen LogP contribution in [-0.4, -0.2) is 74.8 Å². The van der Waals surface area contributed by atoms with Crippen LogP contribution in [0.3, 0.4) is 0 Å². The van der Waals surface area contributed by atoms with Crippen molar-refractivity contribution in [3.05, 3.63) is 47.1 Å². The predicted octanol–water partition coefficient (Wildman–Crippen LogP) is 3.00. The summed E-state index contributed by atoms with van der Waals surface area (Å²) in [6, 6.07) is 8.20. The van der Waals surface area contributed by atoms with Crippen molar-refractivity contribution in [3.8, 4) is 0 Å². The van der Waals surface area contributed by atoms with Crippen LogP contribution in [0, 0.1) is 5.92 Å². The van der Waals surface area contributed by atoms with Crippen LogP contribution >= 0.6 is 11.6 Å². The summed E-state index contributed by atoms with van der Waals surface area (Å²) in [6.07, 6.45) is 5.71. The van der Waals surface area contributed by atoms with Gasteiger partial charge in [-0.25, -0.2) is 13.4 Å². The number of amides is 2. The molecule has 3 saturated heterocycles. The first kappa shape index (κ1) is 25.0. The molecule has 11 heteroatoms. The largest absolute Gasteiger partial charge is 0.374 e. The molecule has 2 bridgehead atoms. The van der Waals surface area contributed by atoms with Gasteiger partial charge in [-0.2, -0.15) is 0 Å². The van der Waals surface area contributed by atoms with Crippen molar-refractivity contribution in [2.24, 2.45) is 5.92 Å². The van der Waals surface area contributed by atoms with E-state index in [0.29, 0.717) is 54.8 Å². The van der Waals surface area contributed by atoms with E-state index in [1.165, 1.54) is 12.3 Å². The van der Waals surface area contributed by atoms with E-state index in [1.54, 1.807) is 24.3 Å². The smallest absolute Gasteiger partial charge is 0.255 e. The Hall–Kier alpha value is -2.69. The van der Waals surface area contributed by atoms with Gasteiger partial charge in [-0.15, -0.1) is 0 Å².